The minimum atomic E-state index is 0.0260. The van der Waals surface area contributed by atoms with Gasteiger partial charge in [0.25, 0.3) is 5.91 Å². The Morgan fingerprint density at radius 3 is 2.55 bits per heavy atom. The molecule has 0 saturated carbocycles. The Labute approximate surface area is 134 Å². The Balaban J connectivity index is 2.15. The predicted molar refractivity (Wildman–Crippen MR) is 89.6 cm³/mol. The number of anilines is 1. The van der Waals surface area contributed by atoms with Gasteiger partial charge in [0.1, 0.15) is 0 Å². The van der Waals surface area contributed by atoms with Gasteiger partial charge in [-0.25, -0.2) is 0 Å². The van der Waals surface area contributed by atoms with Crippen molar-refractivity contribution in [3.05, 3.63) is 62.5 Å². The van der Waals surface area contributed by atoms with Gasteiger partial charge in [-0.05, 0) is 42.0 Å². The van der Waals surface area contributed by atoms with Crippen molar-refractivity contribution < 1.29 is 4.79 Å². The second kappa shape index (κ2) is 5.19. The summed E-state index contributed by atoms with van der Waals surface area (Å²) in [4.78, 5) is 14.1. The van der Waals surface area contributed by atoms with Crippen LogP contribution >= 0.6 is 31.9 Å². The van der Waals surface area contributed by atoms with Crippen LogP contribution in [0.15, 0.2) is 51.4 Å². The lowest BCUT2D eigenvalue weighted by Gasteiger charge is -2.08. The molecule has 3 rings (SSSR count). The summed E-state index contributed by atoms with van der Waals surface area (Å²) in [6.45, 7) is 0. The van der Waals surface area contributed by atoms with Crippen molar-refractivity contribution in [2.24, 2.45) is 0 Å². The molecule has 0 N–H and O–H groups in total. The molecule has 100 valence electrons. The average Bonchev–Trinajstić information content (AvgIpc) is 2.64. The first kappa shape index (κ1) is 13.6. The number of carbonyl (C=O) groups is 1. The van der Waals surface area contributed by atoms with E-state index >= 15 is 0 Å². The number of benzene rings is 2. The molecule has 0 atom stereocenters. The highest BCUT2D eigenvalue weighted by atomic mass is 79.9. The number of hydrogen-bond donors (Lipinski definition) is 0. The molecule has 0 fully saturated rings. The number of amides is 1. The van der Waals surface area contributed by atoms with Crippen LogP contribution in [0.25, 0.3) is 11.6 Å². The van der Waals surface area contributed by atoms with Crippen molar-refractivity contribution in [3.8, 4) is 0 Å². The van der Waals surface area contributed by atoms with E-state index in [0.717, 1.165) is 31.3 Å². The molecule has 20 heavy (non-hydrogen) atoms. The first-order valence-corrected chi connectivity index (χ1v) is 7.70. The molecular formula is C16H11Br2NO. The van der Waals surface area contributed by atoms with Crippen molar-refractivity contribution in [2.75, 3.05) is 11.9 Å². The fourth-order valence-electron chi connectivity index (χ4n) is 2.32. The van der Waals surface area contributed by atoms with Gasteiger partial charge in [0, 0.05) is 27.1 Å². The molecular weight excluding hydrogens is 382 g/mol. The van der Waals surface area contributed by atoms with E-state index in [1.807, 2.05) is 48.5 Å². The third-order valence-electron chi connectivity index (χ3n) is 3.30. The number of halogens is 2. The molecule has 1 amide bonds. The molecule has 0 radical (unpaired) electrons. The maximum Gasteiger partial charge on any atom is 0.258 e. The lowest BCUT2D eigenvalue weighted by Crippen LogP contribution is -2.20. The highest BCUT2D eigenvalue weighted by molar-refractivity contribution is 9.10. The summed E-state index contributed by atoms with van der Waals surface area (Å²) in [5.74, 6) is 0.0260. The van der Waals surface area contributed by atoms with E-state index in [2.05, 4.69) is 31.9 Å². The van der Waals surface area contributed by atoms with E-state index in [1.54, 1.807) is 11.9 Å². The third kappa shape index (κ3) is 2.34. The number of hydrogen-bond acceptors (Lipinski definition) is 1. The molecule has 1 aliphatic rings. The molecule has 0 bridgehead atoms. The quantitative estimate of drug-likeness (QED) is 0.642. The fourth-order valence-corrected chi connectivity index (χ4v) is 3.10. The summed E-state index contributed by atoms with van der Waals surface area (Å²) >= 11 is 6.91. The van der Waals surface area contributed by atoms with Crippen LogP contribution in [0.5, 0.6) is 0 Å². The lowest BCUT2D eigenvalue weighted by atomic mass is 10.0. The van der Waals surface area contributed by atoms with Gasteiger partial charge in [-0.3, -0.25) is 4.79 Å². The normalized spacial score (nSPS) is 15.8. The van der Waals surface area contributed by atoms with Crippen molar-refractivity contribution in [3.63, 3.8) is 0 Å². The van der Waals surface area contributed by atoms with Gasteiger partial charge in [-0.1, -0.05) is 44.0 Å². The highest BCUT2D eigenvalue weighted by Gasteiger charge is 2.29. The second-order valence-corrected chi connectivity index (χ2v) is 6.47. The van der Waals surface area contributed by atoms with Gasteiger partial charge in [0.2, 0.25) is 0 Å². The zero-order valence-corrected chi connectivity index (χ0v) is 13.9. The smallest absolute Gasteiger partial charge is 0.258 e. The molecule has 2 aromatic rings. The summed E-state index contributed by atoms with van der Waals surface area (Å²) in [5.41, 5.74) is 3.64. The lowest BCUT2D eigenvalue weighted by molar-refractivity contribution is -0.112. The first-order chi connectivity index (χ1) is 9.56. The van der Waals surface area contributed by atoms with Gasteiger partial charge in [-0.15, -0.1) is 0 Å². The molecule has 2 nitrogen and oxygen atoms in total. The van der Waals surface area contributed by atoms with Gasteiger partial charge >= 0.3 is 0 Å². The van der Waals surface area contributed by atoms with Gasteiger partial charge in [0.05, 0.1) is 5.69 Å². The van der Waals surface area contributed by atoms with Gasteiger partial charge in [-0.2, -0.15) is 0 Å². The van der Waals surface area contributed by atoms with Crippen LogP contribution in [0.1, 0.15) is 11.1 Å². The molecule has 0 unspecified atom stereocenters. The Bertz CT molecular complexity index is 737. The number of fused-ring (bicyclic) bond motifs is 1. The summed E-state index contributed by atoms with van der Waals surface area (Å²) in [6, 6.07) is 13.8. The van der Waals surface area contributed by atoms with Crippen molar-refractivity contribution in [1.82, 2.24) is 0 Å². The minimum Gasteiger partial charge on any atom is -0.311 e. The molecule has 1 heterocycles. The third-order valence-corrected chi connectivity index (χ3v) is 4.29. The Morgan fingerprint density at radius 1 is 1.05 bits per heavy atom. The minimum absolute atomic E-state index is 0.0260. The van der Waals surface area contributed by atoms with Crippen LogP contribution in [-0.4, -0.2) is 13.0 Å². The summed E-state index contributed by atoms with van der Waals surface area (Å²) in [6.07, 6.45) is 1.93. The Kier molecular flexibility index (Phi) is 3.52. The average molecular weight is 393 g/mol. The molecule has 4 heteroatoms. The molecule has 1 aliphatic heterocycles. The van der Waals surface area contributed by atoms with Crippen molar-refractivity contribution in [2.45, 2.75) is 0 Å². The number of likely N-dealkylation sites (N-methyl/N-ethyl adjacent to an activating group) is 1. The van der Waals surface area contributed by atoms with Crippen LogP contribution in [-0.2, 0) is 4.79 Å². The second-order valence-electron chi connectivity index (χ2n) is 4.64. The Hall–Kier alpha value is -1.39. The highest BCUT2D eigenvalue weighted by Crippen LogP contribution is 2.38. The standard InChI is InChI=1S/C16H11Br2NO/c1-19-15-6-5-12(18)9-13(15)14(16(19)20)8-10-3-2-4-11(17)7-10/h2-9H,1H3. The fraction of sp³-hybridized carbons (Fsp3) is 0.0625. The molecule has 0 saturated heterocycles. The van der Waals surface area contributed by atoms with Crippen LogP contribution in [0.3, 0.4) is 0 Å². The molecule has 2 aromatic carbocycles. The zero-order valence-electron chi connectivity index (χ0n) is 10.7. The summed E-state index contributed by atoms with van der Waals surface area (Å²) < 4.78 is 1.97. The van der Waals surface area contributed by atoms with Crippen LogP contribution in [0.2, 0.25) is 0 Å². The van der Waals surface area contributed by atoms with Gasteiger partial charge in [0.15, 0.2) is 0 Å². The maximum absolute atomic E-state index is 12.4. The Morgan fingerprint density at radius 2 is 1.80 bits per heavy atom. The first-order valence-electron chi connectivity index (χ1n) is 6.11. The number of nitrogens with zero attached hydrogens (tertiary/aromatic N) is 1. The van der Waals surface area contributed by atoms with Crippen LogP contribution < -0.4 is 4.90 Å². The van der Waals surface area contributed by atoms with E-state index in [9.17, 15) is 4.79 Å². The predicted octanol–water partition coefficient (Wildman–Crippen LogP) is 4.73. The monoisotopic (exact) mass is 391 g/mol. The van der Waals surface area contributed by atoms with Crippen LogP contribution in [0, 0.1) is 0 Å². The number of rotatable bonds is 1. The van der Waals surface area contributed by atoms with Crippen molar-refractivity contribution in [1.29, 1.82) is 0 Å². The van der Waals surface area contributed by atoms with E-state index in [-0.39, 0.29) is 5.91 Å². The molecule has 0 aliphatic carbocycles. The summed E-state index contributed by atoms with van der Waals surface area (Å²) in [5, 5.41) is 0. The van der Waals surface area contributed by atoms with E-state index in [0.29, 0.717) is 0 Å². The van der Waals surface area contributed by atoms with Crippen LogP contribution in [0.4, 0.5) is 5.69 Å². The zero-order chi connectivity index (χ0) is 14.3. The topological polar surface area (TPSA) is 20.3 Å². The molecule has 0 spiro atoms. The summed E-state index contributed by atoms with van der Waals surface area (Å²) in [7, 11) is 1.80. The van der Waals surface area contributed by atoms with Crippen molar-refractivity contribution >= 4 is 55.1 Å². The largest absolute Gasteiger partial charge is 0.311 e. The number of carbonyl (C=O) groups excluding carboxylic acids is 1. The van der Waals surface area contributed by atoms with Gasteiger partial charge < -0.3 is 4.90 Å². The van der Waals surface area contributed by atoms with E-state index in [4.69, 9.17) is 0 Å². The van der Waals surface area contributed by atoms with E-state index in [1.165, 1.54) is 0 Å². The van der Waals surface area contributed by atoms with E-state index < -0.39 is 0 Å². The SMILES string of the molecule is CN1C(=O)C(=Cc2cccc(Br)c2)c2cc(Br)ccc21. The molecule has 0 aromatic heterocycles. The maximum atomic E-state index is 12.4.